The molecule has 0 aromatic carbocycles. The Morgan fingerprint density at radius 1 is 1.50 bits per heavy atom. The van der Waals surface area contributed by atoms with Crippen molar-refractivity contribution in [3.05, 3.63) is 23.2 Å². The molecule has 0 saturated heterocycles. The number of hydrogen-bond donors (Lipinski definition) is 0. The summed E-state index contributed by atoms with van der Waals surface area (Å²) in [5.41, 5.74) is 0.786. The summed E-state index contributed by atoms with van der Waals surface area (Å²) in [5, 5.41) is 0. The van der Waals surface area contributed by atoms with Crippen LogP contribution in [-0.2, 0) is 0 Å². The second-order valence-corrected chi connectivity index (χ2v) is 4.25. The predicted molar refractivity (Wildman–Crippen MR) is 54.5 cm³/mol. The molecule has 2 nitrogen and oxygen atoms in total. The fourth-order valence-electron chi connectivity index (χ4n) is 1.98. The Morgan fingerprint density at radius 3 is 2.64 bits per heavy atom. The van der Waals surface area contributed by atoms with Gasteiger partial charge in [0.2, 0.25) is 0 Å². The maximum absolute atomic E-state index is 11.8. The first-order chi connectivity index (χ1) is 6.66. The van der Waals surface area contributed by atoms with Crippen LogP contribution in [0.3, 0.4) is 0 Å². The van der Waals surface area contributed by atoms with Crippen LogP contribution in [0.5, 0.6) is 0 Å². The Morgan fingerprint density at radius 2 is 2.21 bits per heavy atom. The summed E-state index contributed by atoms with van der Waals surface area (Å²) in [7, 11) is 0. The van der Waals surface area contributed by atoms with Crippen LogP contribution in [0.25, 0.3) is 0 Å². The third kappa shape index (κ3) is 1.74. The smallest absolute Gasteiger partial charge is 0.166 e. The molecule has 0 spiro atoms. The Hall–Kier alpha value is -1.05. The quantitative estimate of drug-likeness (QED) is 0.688. The van der Waals surface area contributed by atoms with E-state index in [-0.39, 0.29) is 5.78 Å². The number of furan rings is 1. The average Bonchev–Trinajstić information content (AvgIpc) is 2.37. The van der Waals surface area contributed by atoms with Gasteiger partial charge in [-0.2, -0.15) is 0 Å². The Labute approximate surface area is 84.3 Å². The zero-order valence-corrected chi connectivity index (χ0v) is 8.80. The summed E-state index contributed by atoms with van der Waals surface area (Å²) in [6, 6.07) is 1.86. The molecule has 0 atom stereocenters. The molecule has 14 heavy (non-hydrogen) atoms. The molecule has 2 heteroatoms. The van der Waals surface area contributed by atoms with E-state index >= 15 is 0 Å². The van der Waals surface area contributed by atoms with E-state index in [2.05, 4.69) is 0 Å². The number of rotatable bonds is 3. The molecule has 0 radical (unpaired) electrons. The third-order valence-corrected chi connectivity index (χ3v) is 3.04. The molecule has 0 amide bonds. The lowest BCUT2D eigenvalue weighted by atomic mass is 9.81. The van der Waals surface area contributed by atoms with Crippen molar-refractivity contribution < 1.29 is 9.21 Å². The van der Waals surface area contributed by atoms with Crippen LogP contribution in [0.2, 0.25) is 0 Å². The highest BCUT2D eigenvalue weighted by Crippen LogP contribution is 2.31. The van der Waals surface area contributed by atoms with Gasteiger partial charge in [0.1, 0.15) is 11.5 Å². The molecule has 2 rings (SSSR count). The van der Waals surface area contributed by atoms with Gasteiger partial charge in [-0.1, -0.05) is 19.3 Å². The fourth-order valence-corrected chi connectivity index (χ4v) is 1.98. The van der Waals surface area contributed by atoms with Crippen molar-refractivity contribution in [2.24, 2.45) is 5.92 Å². The molecule has 1 aromatic heterocycles. The van der Waals surface area contributed by atoms with Crippen molar-refractivity contribution >= 4 is 5.78 Å². The molecule has 0 aliphatic heterocycles. The Balaban J connectivity index is 2.06. The van der Waals surface area contributed by atoms with Crippen LogP contribution in [-0.4, -0.2) is 5.78 Å². The topological polar surface area (TPSA) is 30.2 Å². The van der Waals surface area contributed by atoms with Crippen LogP contribution >= 0.6 is 0 Å². The standard InChI is InChI=1S/C12H16O2/c1-8-6-11(9(2)14-8)12(13)7-10-4-3-5-10/h6,10H,3-5,7H2,1-2H3. The zero-order valence-electron chi connectivity index (χ0n) is 8.80. The second kappa shape index (κ2) is 3.60. The van der Waals surface area contributed by atoms with Crippen LogP contribution in [0.1, 0.15) is 47.6 Å². The normalized spacial score (nSPS) is 16.7. The molecule has 1 fully saturated rings. The van der Waals surface area contributed by atoms with Crippen molar-refractivity contribution in [3.8, 4) is 0 Å². The molecule has 0 unspecified atom stereocenters. The number of aryl methyl sites for hydroxylation is 2. The highest BCUT2D eigenvalue weighted by atomic mass is 16.3. The maximum atomic E-state index is 11.8. The monoisotopic (exact) mass is 192 g/mol. The van der Waals surface area contributed by atoms with Gasteiger partial charge in [-0.05, 0) is 25.8 Å². The molecule has 1 aliphatic rings. The average molecular weight is 192 g/mol. The minimum Gasteiger partial charge on any atom is -0.466 e. The van der Waals surface area contributed by atoms with E-state index in [1.807, 2.05) is 19.9 Å². The summed E-state index contributed by atoms with van der Waals surface area (Å²) in [6.07, 6.45) is 4.45. The van der Waals surface area contributed by atoms with Gasteiger partial charge in [0, 0.05) is 6.42 Å². The SMILES string of the molecule is Cc1cc(C(=O)CC2CCC2)c(C)o1. The molecule has 1 heterocycles. The largest absolute Gasteiger partial charge is 0.466 e. The second-order valence-electron chi connectivity index (χ2n) is 4.25. The Bertz CT molecular complexity index is 345. The maximum Gasteiger partial charge on any atom is 0.166 e. The van der Waals surface area contributed by atoms with Crippen molar-refractivity contribution in [2.45, 2.75) is 39.5 Å². The van der Waals surface area contributed by atoms with E-state index in [9.17, 15) is 4.79 Å². The minimum absolute atomic E-state index is 0.254. The molecule has 1 saturated carbocycles. The van der Waals surface area contributed by atoms with Gasteiger partial charge >= 0.3 is 0 Å². The van der Waals surface area contributed by atoms with Gasteiger partial charge in [-0.25, -0.2) is 0 Å². The van der Waals surface area contributed by atoms with Gasteiger partial charge in [-0.15, -0.1) is 0 Å². The molecular formula is C12H16O2. The van der Waals surface area contributed by atoms with Gasteiger partial charge in [0.15, 0.2) is 5.78 Å². The van der Waals surface area contributed by atoms with Crippen LogP contribution < -0.4 is 0 Å². The van der Waals surface area contributed by atoms with Crippen LogP contribution in [0, 0.1) is 19.8 Å². The first kappa shape index (κ1) is 9.50. The molecule has 1 aromatic rings. The Kier molecular flexibility index (Phi) is 2.44. The van der Waals surface area contributed by atoms with Crippen molar-refractivity contribution in [2.75, 3.05) is 0 Å². The minimum atomic E-state index is 0.254. The van der Waals surface area contributed by atoms with E-state index in [0.29, 0.717) is 12.3 Å². The molecule has 0 N–H and O–H groups in total. The number of ketones is 1. The van der Waals surface area contributed by atoms with Gasteiger partial charge in [-0.3, -0.25) is 4.79 Å². The van der Waals surface area contributed by atoms with Crippen molar-refractivity contribution in [3.63, 3.8) is 0 Å². The van der Waals surface area contributed by atoms with Crippen molar-refractivity contribution in [1.29, 1.82) is 0 Å². The number of carbonyl (C=O) groups excluding carboxylic acids is 1. The molecular weight excluding hydrogens is 176 g/mol. The summed E-state index contributed by atoms with van der Waals surface area (Å²) in [4.78, 5) is 11.8. The highest BCUT2D eigenvalue weighted by molar-refractivity contribution is 5.97. The fraction of sp³-hybridized carbons (Fsp3) is 0.583. The molecule has 76 valence electrons. The summed E-state index contributed by atoms with van der Waals surface area (Å²) in [6.45, 7) is 3.74. The van der Waals surface area contributed by atoms with E-state index in [0.717, 1.165) is 17.1 Å². The van der Waals surface area contributed by atoms with E-state index in [1.54, 1.807) is 0 Å². The van der Waals surface area contributed by atoms with Crippen LogP contribution in [0.15, 0.2) is 10.5 Å². The lowest BCUT2D eigenvalue weighted by Gasteiger charge is -2.24. The number of Topliss-reactive ketones (excluding diaryl/α,β-unsaturated/α-hetero) is 1. The van der Waals surface area contributed by atoms with Gasteiger partial charge in [0.05, 0.1) is 5.56 Å². The van der Waals surface area contributed by atoms with Gasteiger partial charge < -0.3 is 4.42 Å². The predicted octanol–water partition coefficient (Wildman–Crippen LogP) is 3.27. The first-order valence-electron chi connectivity index (χ1n) is 5.27. The summed E-state index contributed by atoms with van der Waals surface area (Å²) in [5.74, 6) is 2.49. The lowest BCUT2D eigenvalue weighted by Crippen LogP contribution is -2.16. The van der Waals surface area contributed by atoms with Crippen LogP contribution in [0.4, 0.5) is 0 Å². The van der Waals surface area contributed by atoms with Gasteiger partial charge in [0.25, 0.3) is 0 Å². The summed E-state index contributed by atoms with van der Waals surface area (Å²) >= 11 is 0. The lowest BCUT2D eigenvalue weighted by molar-refractivity contribution is 0.0935. The van der Waals surface area contributed by atoms with E-state index in [4.69, 9.17) is 4.42 Å². The summed E-state index contributed by atoms with van der Waals surface area (Å²) < 4.78 is 5.35. The number of hydrogen-bond acceptors (Lipinski definition) is 2. The van der Waals surface area contributed by atoms with E-state index < -0.39 is 0 Å². The number of carbonyl (C=O) groups is 1. The molecule has 0 bridgehead atoms. The highest BCUT2D eigenvalue weighted by Gasteiger charge is 2.23. The van der Waals surface area contributed by atoms with Crippen molar-refractivity contribution in [1.82, 2.24) is 0 Å². The first-order valence-corrected chi connectivity index (χ1v) is 5.27. The molecule has 1 aliphatic carbocycles. The van der Waals surface area contributed by atoms with E-state index in [1.165, 1.54) is 19.3 Å². The third-order valence-electron chi connectivity index (χ3n) is 3.04. The zero-order chi connectivity index (χ0) is 10.1.